The molecule has 1 nitrogen and oxygen atoms in total. The van der Waals surface area contributed by atoms with Gasteiger partial charge in [0.25, 0.3) is 0 Å². The summed E-state index contributed by atoms with van der Waals surface area (Å²) in [6, 6.07) is 52.8. The van der Waals surface area contributed by atoms with Gasteiger partial charge in [-0.05, 0) is 120 Å². The van der Waals surface area contributed by atoms with Gasteiger partial charge in [-0.1, -0.05) is 218 Å². The van der Waals surface area contributed by atoms with Gasteiger partial charge in [0.1, 0.15) is 0 Å². The highest BCUT2D eigenvalue weighted by Gasteiger charge is 2.46. The van der Waals surface area contributed by atoms with Crippen molar-refractivity contribution in [1.29, 1.82) is 0 Å². The van der Waals surface area contributed by atoms with Crippen molar-refractivity contribution in [2.45, 2.75) is 125 Å². The van der Waals surface area contributed by atoms with Gasteiger partial charge in [-0.25, -0.2) is 0 Å². The van der Waals surface area contributed by atoms with E-state index in [0.717, 1.165) is 23.5 Å². The molecule has 0 saturated heterocycles. The fraction of sp³-hybridized carbons (Fsp3) is 0.344. The first-order valence-corrected chi connectivity index (χ1v) is 22.9. The second-order valence-electron chi connectivity index (χ2n) is 22.9. The van der Waals surface area contributed by atoms with Gasteiger partial charge in [-0.15, -0.1) is 0 Å². The summed E-state index contributed by atoms with van der Waals surface area (Å²) in [6.07, 6.45) is 6.10. The second kappa shape index (κ2) is 15.1. The molecule has 0 amide bonds. The lowest BCUT2D eigenvalue weighted by atomic mass is 9.55. The van der Waals surface area contributed by atoms with Gasteiger partial charge in [0.15, 0.2) is 0 Å². The number of benzene rings is 6. The zero-order valence-electron chi connectivity index (χ0n) is 40.1. The molecule has 1 unspecified atom stereocenters. The maximum Gasteiger partial charge on any atom is 0.0540 e. The van der Waals surface area contributed by atoms with E-state index in [1.54, 1.807) is 0 Å². The lowest BCUT2D eigenvalue weighted by Crippen LogP contribution is -2.41. The molecule has 6 aromatic rings. The molecule has 318 valence electrons. The summed E-state index contributed by atoms with van der Waals surface area (Å²) < 4.78 is 0. The number of nitrogens with zero attached hydrogens (tertiary/aromatic N) is 1. The van der Waals surface area contributed by atoms with Crippen molar-refractivity contribution in [2.75, 3.05) is 4.90 Å². The van der Waals surface area contributed by atoms with Crippen LogP contribution in [0, 0.1) is 10.8 Å². The Bertz CT molecular complexity index is 2680. The minimum atomic E-state index is -0.253. The van der Waals surface area contributed by atoms with Gasteiger partial charge in [-0.3, -0.25) is 0 Å². The molecule has 2 aliphatic rings. The van der Waals surface area contributed by atoms with Crippen LogP contribution < -0.4 is 4.90 Å². The van der Waals surface area contributed by atoms with Crippen molar-refractivity contribution in [3.05, 3.63) is 191 Å². The highest BCUT2D eigenvalue weighted by Crippen LogP contribution is 2.56. The molecule has 6 aromatic carbocycles. The van der Waals surface area contributed by atoms with Crippen LogP contribution in [-0.4, -0.2) is 0 Å². The lowest BCUT2D eigenvalue weighted by Gasteiger charge is -2.48. The molecular weight excluding hydrogens is 747 g/mol. The SMILES string of the molecule is CC(C)(C)C1=CC(c2cc(C(C)(C)C)cc(C(C)(C)C)c2)(C(C)(C)C)CC(c2cccc(N(c3ccc4c(c3)C(C)(C)c3ccccc3-4)c3ccccc3-c3ccccc3)c2)=C1. The lowest BCUT2D eigenvalue weighted by molar-refractivity contribution is 0.235. The van der Waals surface area contributed by atoms with Crippen LogP contribution in [0.15, 0.2) is 157 Å². The van der Waals surface area contributed by atoms with Gasteiger partial charge in [0, 0.05) is 27.8 Å². The van der Waals surface area contributed by atoms with Crippen LogP contribution in [-0.2, 0) is 21.7 Å². The van der Waals surface area contributed by atoms with E-state index < -0.39 is 0 Å². The van der Waals surface area contributed by atoms with E-state index in [2.05, 4.69) is 254 Å². The Hall–Kier alpha value is -5.40. The molecule has 0 heterocycles. The smallest absolute Gasteiger partial charge is 0.0540 e. The first-order valence-electron chi connectivity index (χ1n) is 22.9. The average molecular weight is 816 g/mol. The quantitative estimate of drug-likeness (QED) is 0.162. The van der Waals surface area contributed by atoms with Crippen molar-refractivity contribution in [2.24, 2.45) is 10.8 Å². The summed E-state index contributed by atoms with van der Waals surface area (Å²) in [5.41, 5.74) is 19.1. The van der Waals surface area contributed by atoms with E-state index in [0.29, 0.717) is 0 Å². The Balaban J connectivity index is 1.34. The van der Waals surface area contributed by atoms with Gasteiger partial charge in [0.2, 0.25) is 0 Å². The van der Waals surface area contributed by atoms with Crippen LogP contribution in [0.2, 0.25) is 0 Å². The molecule has 0 fully saturated rings. The van der Waals surface area contributed by atoms with E-state index in [9.17, 15) is 0 Å². The molecule has 2 aliphatic carbocycles. The Labute approximate surface area is 374 Å². The second-order valence-corrected chi connectivity index (χ2v) is 22.9. The Kier molecular flexibility index (Phi) is 10.6. The maximum absolute atomic E-state index is 2.67. The van der Waals surface area contributed by atoms with Gasteiger partial charge in [-0.2, -0.15) is 0 Å². The molecule has 0 aliphatic heterocycles. The largest absolute Gasteiger partial charge is 0.310 e. The van der Waals surface area contributed by atoms with Crippen molar-refractivity contribution in [3.8, 4) is 22.3 Å². The van der Waals surface area contributed by atoms with Crippen LogP contribution in [0.5, 0.6) is 0 Å². The number of para-hydroxylation sites is 1. The average Bonchev–Trinajstić information content (AvgIpc) is 3.45. The highest BCUT2D eigenvalue weighted by atomic mass is 15.1. The molecule has 0 bridgehead atoms. The van der Waals surface area contributed by atoms with E-state index >= 15 is 0 Å². The molecule has 0 saturated carbocycles. The first-order chi connectivity index (χ1) is 29.0. The Morgan fingerprint density at radius 3 is 1.66 bits per heavy atom. The molecule has 0 spiro atoms. The van der Waals surface area contributed by atoms with Crippen molar-refractivity contribution < 1.29 is 0 Å². The van der Waals surface area contributed by atoms with Gasteiger partial charge < -0.3 is 4.90 Å². The van der Waals surface area contributed by atoms with E-state index in [1.165, 1.54) is 66.8 Å². The zero-order valence-corrected chi connectivity index (χ0v) is 40.1. The van der Waals surface area contributed by atoms with Crippen LogP contribution in [0.3, 0.4) is 0 Å². The summed E-state index contributed by atoms with van der Waals surface area (Å²) in [5, 5.41) is 0. The number of anilines is 3. The summed E-state index contributed by atoms with van der Waals surface area (Å²) in [7, 11) is 0. The minimum absolute atomic E-state index is 0.0163. The predicted octanol–water partition coefficient (Wildman–Crippen LogP) is 17.5. The van der Waals surface area contributed by atoms with Crippen molar-refractivity contribution in [3.63, 3.8) is 0 Å². The van der Waals surface area contributed by atoms with Crippen LogP contribution in [0.25, 0.3) is 27.8 Å². The fourth-order valence-electron chi connectivity index (χ4n) is 10.0. The molecule has 0 radical (unpaired) electrons. The summed E-state index contributed by atoms with van der Waals surface area (Å²) in [4.78, 5) is 2.51. The maximum atomic E-state index is 2.67. The highest BCUT2D eigenvalue weighted by molar-refractivity contribution is 5.91. The molecule has 0 N–H and O–H groups in total. The third-order valence-corrected chi connectivity index (χ3v) is 14.1. The van der Waals surface area contributed by atoms with Crippen LogP contribution in [0.4, 0.5) is 17.1 Å². The number of allylic oxidation sites excluding steroid dienone is 4. The first kappa shape index (κ1) is 43.3. The number of hydrogen-bond acceptors (Lipinski definition) is 1. The van der Waals surface area contributed by atoms with E-state index in [1.807, 2.05) is 0 Å². The normalized spacial score (nSPS) is 17.5. The fourth-order valence-corrected chi connectivity index (χ4v) is 10.0. The number of fused-ring (bicyclic) bond motifs is 3. The minimum Gasteiger partial charge on any atom is -0.310 e. The molecule has 0 aromatic heterocycles. The van der Waals surface area contributed by atoms with Gasteiger partial charge >= 0.3 is 0 Å². The molecule has 8 rings (SSSR count). The topological polar surface area (TPSA) is 3.24 Å². The summed E-state index contributed by atoms with van der Waals surface area (Å²) in [5.74, 6) is 0. The standard InChI is InChI=1S/C61H69N/c1-56(2,3)44-35-45(57(4,5)6)37-46(36-44)61(59(10,11)12)39-43(33-47(40-61)58(7,8)9)42-25-22-26-48(34-42)62(55-30-21-19-27-50(55)41-23-16-15-17-24-41)49-31-32-52-51-28-18-20-29-53(51)60(13,14)54(52)38-49/h15-38,40H,39H2,1-14H3. The Morgan fingerprint density at radius 1 is 0.468 bits per heavy atom. The van der Waals surface area contributed by atoms with Gasteiger partial charge in [0.05, 0.1) is 5.69 Å². The zero-order chi connectivity index (χ0) is 44.6. The molecule has 62 heavy (non-hydrogen) atoms. The summed E-state index contributed by atoms with van der Waals surface area (Å²) >= 11 is 0. The number of hydrogen-bond donors (Lipinski definition) is 0. The number of rotatable bonds is 6. The van der Waals surface area contributed by atoms with Crippen LogP contribution >= 0.6 is 0 Å². The molecule has 1 atom stereocenters. The van der Waals surface area contributed by atoms with E-state index in [4.69, 9.17) is 0 Å². The van der Waals surface area contributed by atoms with Crippen molar-refractivity contribution >= 4 is 22.6 Å². The summed E-state index contributed by atoms with van der Waals surface area (Å²) in [6.45, 7) is 33.4. The predicted molar refractivity (Wildman–Crippen MR) is 269 cm³/mol. The van der Waals surface area contributed by atoms with E-state index in [-0.39, 0.29) is 32.5 Å². The third-order valence-electron chi connectivity index (χ3n) is 14.1. The molecule has 1 heteroatoms. The van der Waals surface area contributed by atoms with Crippen molar-refractivity contribution in [1.82, 2.24) is 0 Å². The molecular formula is C61H69N. The Morgan fingerprint density at radius 2 is 1.03 bits per heavy atom. The monoisotopic (exact) mass is 816 g/mol. The van der Waals surface area contributed by atoms with Crippen LogP contribution in [0.1, 0.15) is 137 Å². The third kappa shape index (κ3) is 7.71.